The molecular formula is C72H44N4O2. The fourth-order valence-electron chi connectivity index (χ4n) is 12.1. The molecule has 0 atom stereocenters. The third kappa shape index (κ3) is 6.97. The number of benzene rings is 11. The molecule has 16 rings (SSSR count). The van der Waals surface area contributed by atoms with Crippen molar-refractivity contribution < 1.29 is 8.83 Å². The van der Waals surface area contributed by atoms with Crippen molar-refractivity contribution in [1.82, 2.24) is 14.5 Å². The van der Waals surface area contributed by atoms with E-state index in [0.717, 1.165) is 116 Å². The van der Waals surface area contributed by atoms with Crippen molar-refractivity contribution in [2.24, 2.45) is 0 Å². The number of nitrogens with zero attached hydrogens (tertiary/aromatic N) is 4. The predicted octanol–water partition coefficient (Wildman–Crippen LogP) is 19.8. The van der Waals surface area contributed by atoms with E-state index in [-0.39, 0.29) is 0 Å². The Balaban J connectivity index is 1.01. The molecule has 0 radical (unpaired) electrons. The second-order valence-electron chi connectivity index (χ2n) is 20.1. The summed E-state index contributed by atoms with van der Waals surface area (Å²) in [7, 11) is 0. The maximum atomic E-state index is 7.12. The highest BCUT2D eigenvalue weighted by Gasteiger charge is 2.26. The van der Waals surface area contributed by atoms with Gasteiger partial charge in [0.2, 0.25) is 0 Å². The standard InChI is InChI=1S/C72H44N4O2/c1-2-14-45(15-3-1)46-26-29-52(30-27-46)76-66-42-63(57-20-6-7-23-61(57)70(66)62-32-28-47-16-4-5-19-56(47)71(62)76)65-40-55(39-64-59-22-9-11-25-68(59)78-72(64)65)75(53-31-33-60-58-21-8-10-24-67(58)77-69(60)41-53)54-37-50(48-17-12-34-73-43-48)36-51(38-54)49-18-13-35-74-44-49/h1-44H. The second-order valence-corrected chi connectivity index (χ2v) is 20.1. The Hall–Kier alpha value is -10.6. The van der Waals surface area contributed by atoms with Gasteiger partial charge in [0.25, 0.3) is 0 Å². The van der Waals surface area contributed by atoms with Crippen LogP contribution in [0.4, 0.5) is 17.1 Å². The van der Waals surface area contributed by atoms with Crippen molar-refractivity contribution in [3.63, 3.8) is 0 Å². The Morgan fingerprint density at radius 3 is 1.65 bits per heavy atom. The summed E-state index contributed by atoms with van der Waals surface area (Å²) in [5.74, 6) is 0. The molecule has 16 aromatic rings. The van der Waals surface area contributed by atoms with Gasteiger partial charge >= 0.3 is 0 Å². The first-order chi connectivity index (χ1) is 38.7. The molecule has 0 unspecified atom stereocenters. The summed E-state index contributed by atoms with van der Waals surface area (Å²) in [6, 6.07) is 87.2. The van der Waals surface area contributed by atoms with E-state index in [4.69, 9.17) is 8.83 Å². The first kappa shape index (κ1) is 43.8. The molecule has 78 heavy (non-hydrogen) atoms. The van der Waals surface area contributed by atoms with Gasteiger partial charge in [0, 0.05) is 108 Å². The molecule has 0 aliphatic rings. The summed E-state index contributed by atoms with van der Waals surface area (Å²) in [4.78, 5) is 11.5. The van der Waals surface area contributed by atoms with Gasteiger partial charge in [-0.15, -0.1) is 0 Å². The van der Waals surface area contributed by atoms with Crippen LogP contribution in [0.25, 0.3) is 137 Å². The molecular weight excluding hydrogens is 953 g/mol. The minimum absolute atomic E-state index is 0.804. The molecule has 0 aliphatic heterocycles. The summed E-state index contributed by atoms with van der Waals surface area (Å²) in [5, 5.41) is 11.3. The molecule has 0 fully saturated rings. The first-order valence-corrected chi connectivity index (χ1v) is 26.3. The lowest BCUT2D eigenvalue weighted by Crippen LogP contribution is -2.10. The van der Waals surface area contributed by atoms with Crippen molar-refractivity contribution >= 4 is 104 Å². The minimum atomic E-state index is 0.804. The Morgan fingerprint density at radius 2 is 0.923 bits per heavy atom. The Bertz CT molecular complexity index is 4960. The monoisotopic (exact) mass is 996 g/mol. The highest BCUT2D eigenvalue weighted by molar-refractivity contribution is 6.29. The fraction of sp³-hybridized carbons (Fsp3) is 0. The number of anilines is 3. The first-order valence-electron chi connectivity index (χ1n) is 26.3. The molecule has 6 nitrogen and oxygen atoms in total. The summed E-state index contributed by atoms with van der Waals surface area (Å²) in [6.07, 6.45) is 7.50. The van der Waals surface area contributed by atoms with Crippen LogP contribution in [0.2, 0.25) is 0 Å². The maximum absolute atomic E-state index is 7.12. The average molecular weight is 997 g/mol. The Kier molecular flexibility index (Phi) is 9.84. The van der Waals surface area contributed by atoms with Crippen molar-refractivity contribution in [3.8, 4) is 50.2 Å². The molecule has 6 heteroatoms. The van der Waals surface area contributed by atoms with Gasteiger partial charge in [-0.1, -0.05) is 152 Å². The molecule has 0 spiro atoms. The Labute approximate surface area is 447 Å². The molecule has 0 saturated heterocycles. The largest absolute Gasteiger partial charge is 0.456 e. The smallest absolute Gasteiger partial charge is 0.143 e. The van der Waals surface area contributed by atoms with Crippen LogP contribution in [0.5, 0.6) is 0 Å². The second kappa shape index (κ2) is 17.5. The van der Waals surface area contributed by atoms with Crippen molar-refractivity contribution in [2.45, 2.75) is 0 Å². The summed E-state index contributed by atoms with van der Waals surface area (Å²) >= 11 is 0. The third-order valence-electron chi connectivity index (χ3n) is 15.7. The zero-order valence-electron chi connectivity index (χ0n) is 42.0. The lowest BCUT2D eigenvalue weighted by atomic mass is 9.92. The number of hydrogen-bond acceptors (Lipinski definition) is 5. The zero-order valence-corrected chi connectivity index (χ0v) is 42.0. The van der Waals surface area contributed by atoms with E-state index >= 15 is 0 Å². The molecule has 0 saturated carbocycles. The van der Waals surface area contributed by atoms with Gasteiger partial charge in [-0.25, -0.2) is 0 Å². The van der Waals surface area contributed by atoms with Crippen LogP contribution in [-0.4, -0.2) is 14.5 Å². The van der Waals surface area contributed by atoms with E-state index in [2.05, 4.69) is 238 Å². The number of rotatable bonds is 8. The number of fused-ring (bicyclic) bond motifs is 13. The lowest BCUT2D eigenvalue weighted by molar-refractivity contribution is 0.668. The minimum Gasteiger partial charge on any atom is -0.456 e. The topological polar surface area (TPSA) is 60.2 Å². The molecule has 364 valence electrons. The fourth-order valence-corrected chi connectivity index (χ4v) is 12.1. The summed E-state index contributed by atoms with van der Waals surface area (Å²) < 4.78 is 16.3. The van der Waals surface area contributed by atoms with Crippen LogP contribution in [-0.2, 0) is 0 Å². The predicted molar refractivity (Wildman–Crippen MR) is 322 cm³/mol. The molecule has 0 aliphatic carbocycles. The molecule has 0 N–H and O–H groups in total. The van der Waals surface area contributed by atoms with Gasteiger partial charge < -0.3 is 18.3 Å². The number of furan rings is 2. The van der Waals surface area contributed by atoms with Crippen molar-refractivity contribution in [1.29, 1.82) is 0 Å². The molecule has 11 aromatic carbocycles. The van der Waals surface area contributed by atoms with E-state index in [1.54, 1.807) is 0 Å². The normalized spacial score (nSPS) is 11.8. The van der Waals surface area contributed by atoms with Gasteiger partial charge in [-0.3, -0.25) is 9.97 Å². The van der Waals surface area contributed by atoms with Gasteiger partial charge in [0.05, 0.1) is 11.0 Å². The van der Waals surface area contributed by atoms with E-state index in [1.165, 1.54) is 38.2 Å². The third-order valence-corrected chi connectivity index (χ3v) is 15.7. The number of para-hydroxylation sites is 2. The van der Waals surface area contributed by atoms with Crippen LogP contribution in [0.15, 0.2) is 276 Å². The SMILES string of the molecule is c1ccc(-c2ccc(-n3c4cc(-c5cc(N(c6cc(-c7cccnc7)cc(-c7cccnc7)c6)c6ccc7c(c6)oc6ccccc67)cc6c5oc5ccccc56)c5ccccc5c4c4ccc5ccccc5c43)cc2)cc1. The van der Waals surface area contributed by atoms with Crippen LogP contribution >= 0.6 is 0 Å². The van der Waals surface area contributed by atoms with E-state index in [1.807, 2.05) is 49.1 Å². The lowest BCUT2D eigenvalue weighted by Gasteiger charge is -2.27. The molecule has 0 bridgehead atoms. The van der Waals surface area contributed by atoms with Gasteiger partial charge in [-0.2, -0.15) is 0 Å². The highest BCUT2D eigenvalue weighted by atomic mass is 16.3. The number of pyridine rings is 2. The van der Waals surface area contributed by atoms with Crippen LogP contribution in [0, 0.1) is 0 Å². The molecule has 5 aromatic heterocycles. The van der Waals surface area contributed by atoms with Crippen molar-refractivity contribution in [2.75, 3.05) is 4.90 Å². The van der Waals surface area contributed by atoms with Gasteiger partial charge in [-0.05, 0) is 129 Å². The molecule has 5 heterocycles. The molecule has 0 amide bonds. The van der Waals surface area contributed by atoms with E-state index in [9.17, 15) is 0 Å². The van der Waals surface area contributed by atoms with E-state index < -0.39 is 0 Å². The van der Waals surface area contributed by atoms with E-state index in [0.29, 0.717) is 0 Å². The average Bonchev–Trinajstić information content (AvgIpc) is 4.40. The number of hydrogen-bond donors (Lipinski definition) is 0. The summed E-state index contributed by atoms with van der Waals surface area (Å²) in [5.41, 5.74) is 17.9. The quantitative estimate of drug-likeness (QED) is 0.152. The zero-order chi connectivity index (χ0) is 51.3. The Morgan fingerprint density at radius 1 is 0.333 bits per heavy atom. The van der Waals surface area contributed by atoms with Crippen LogP contribution in [0.1, 0.15) is 0 Å². The maximum Gasteiger partial charge on any atom is 0.143 e. The number of aromatic nitrogens is 3. The highest BCUT2D eigenvalue weighted by Crippen LogP contribution is 2.50. The van der Waals surface area contributed by atoms with Crippen LogP contribution in [0.3, 0.4) is 0 Å². The summed E-state index contributed by atoms with van der Waals surface area (Å²) in [6.45, 7) is 0. The van der Waals surface area contributed by atoms with Gasteiger partial charge in [0.1, 0.15) is 22.3 Å². The van der Waals surface area contributed by atoms with Crippen molar-refractivity contribution in [3.05, 3.63) is 267 Å². The van der Waals surface area contributed by atoms with Crippen LogP contribution < -0.4 is 4.90 Å². The van der Waals surface area contributed by atoms with Gasteiger partial charge in [0.15, 0.2) is 0 Å².